The SMILES string of the molecule is O=C(Nc1ccccc1)Oc1ccc2c(c1)Oc1ccc(OC(=O)Nc3ccccc3)cc1C21c2ccccc2-c2ccccc21. The number of nitrogens with one attached hydrogen (secondary N) is 2. The summed E-state index contributed by atoms with van der Waals surface area (Å²) in [5.41, 5.74) is 6.53. The van der Waals surface area contributed by atoms with Gasteiger partial charge in [-0.25, -0.2) is 9.59 Å². The highest BCUT2D eigenvalue weighted by Gasteiger charge is 2.51. The van der Waals surface area contributed by atoms with E-state index < -0.39 is 17.6 Å². The largest absolute Gasteiger partial charge is 0.457 e. The predicted octanol–water partition coefficient (Wildman–Crippen LogP) is 9.38. The van der Waals surface area contributed by atoms with Crippen LogP contribution in [0.2, 0.25) is 0 Å². The predicted molar refractivity (Wildman–Crippen MR) is 176 cm³/mol. The zero-order valence-electron chi connectivity index (χ0n) is 24.4. The van der Waals surface area contributed by atoms with Gasteiger partial charge in [0.05, 0.1) is 5.41 Å². The van der Waals surface area contributed by atoms with Gasteiger partial charge in [-0.2, -0.15) is 0 Å². The minimum absolute atomic E-state index is 0.336. The van der Waals surface area contributed by atoms with Crippen LogP contribution in [0, 0.1) is 0 Å². The molecule has 1 aliphatic heterocycles. The quantitative estimate of drug-likeness (QED) is 0.210. The van der Waals surface area contributed by atoms with Crippen molar-refractivity contribution in [2.75, 3.05) is 10.6 Å². The van der Waals surface area contributed by atoms with Gasteiger partial charge >= 0.3 is 12.2 Å². The average molecular weight is 603 g/mol. The molecule has 6 aromatic rings. The van der Waals surface area contributed by atoms with Crippen LogP contribution < -0.4 is 24.8 Å². The molecule has 222 valence electrons. The first-order chi connectivity index (χ1) is 22.6. The Hall–Kier alpha value is -6.34. The smallest absolute Gasteiger partial charge is 0.417 e. The normalized spacial score (nSPS) is 12.9. The van der Waals surface area contributed by atoms with Crippen molar-refractivity contribution in [3.8, 4) is 34.1 Å². The highest BCUT2D eigenvalue weighted by Crippen LogP contribution is 2.62. The summed E-state index contributed by atoms with van der Waals surface area (Å²) in [6, 6.07) is 45.7. The molecule has 0 saturated carbocycles. The van der Waals surface area contributed by atoms with Crippen LogP contribution in [0.5, 0.6) is 23.0 Å². The maximum Gasteiger partial charge on any atom is 0.417 e. The summed E-state index contributed by atoms with van der Waals surface area (Å²) in [4.78, 5) is 25.6. The zero-order chi connectivity index (χ0) is 31.1. The number of anilines is 2. The van der Waals surface area contributed by atoms with Crippen molar-refractivity contribution in [3.63, 3.8) is 0 Å². The average Bonchev–Trinajstić information content (AvgIpc) is 3.37. The summed E-state index contributed by atoms with van der Waals surface area (Å²) in [6.07, 6.45) is -1.20. The van der Waals surface area contributed by atoms with Crippen LogP contribution in [-0.4, -0.2) is 12.2 Å². The lowest BCUT2D eigenvalue weighted by Crippen LogP contribution is -2.32. The third-order valence-corrected chi connectivity index (χ3v) is 8.35. The first-order valence-corrected chi connectivity index (χ1v) is 14.8. The van der Waals surface area contributed by atoms with Gasteiger partial charge in [0.1, 0.15) is 23.0 Å². The van der Waals surface area contributed by atoms with Crippen LogP contribution in [0.1, 0.15) is 22.3 Å². The number of amides is 2. The number of benzene rings is 6. The molecule has 8 rings (SSSR count). The van der Waals surface area contributed by atoms with Gasteiger partial charge in [0.15, 0.2) is 0 Å². The molecule has 1 aliphatic carbocycles. The molecular formula is C39H26N2O5. The van der Waals surface area contributed by atoms with Crippen LogP contribution in [0.3, 0.4) is 0 Å². The molecule has 2 amide bonds. The van der Waals surface area contributed by atoms with Gasteiger partial charge in [-0.05, 0) is 70.8 Å². The molecule has 1 heterocycles. The van der Waals surface area contributed by atoms with E-state index in [2.05, 4.69) is 34.9 Å². The fourth-order valence-electron chi connectivity index (χ4n) is 6.54. The molecule has 1 spiro atoms. The summed E-state index contributed by atoms with van der Waals surface area (Å²) in [5, 5.41) is 5.53. The van der Waals surface area contributed by atoms with Gasteiger partial charge in [0.2, 0.25) is 0 Å². The van der Waals surface area contributed by atoms with Gasteiger partial charge in [0, 0.05) is 28.6 Å². The number of rotatable bonds is 4. The van der Waals surface area contributed by atoms with Gasteiger partial charge in [-0.3, -0.25) is 10.6 Å². The zero-order valence-corrected chi connectivity index (χ0v) is 24.4. The van der Waals surface area contributed by atoms with E-state index in [1.807, 2.05) is 78.9 Å². The summed E-state index contributed by atoms with van der Waals surface area (Å²) < 4.78 is 18.0. The Balaban J connectivity index is 1.23. The highest BCUT2D eigenvalue weighted by molar-refractivity contribution is 5.90. The molecule has 46 heavy (non-hydrogen) atoms. The number of hydrogen-bond donors (Lipinski definition) is 2. The van der Waals surface area contributed by atoms with Crippen molar-refractivity contribution in [3.05, 3.63) is 168 Å². The van der Waals surface area contributed by atoms with E-state index in [1.165, 1.54) is 0 Å². The van der Waals surface area contributed by atoms with E-state index in [-0.39, 0.29) is 0 Å². The molecule has 2 N–H and O–H groups in total. The summed E-state index contributed by atoms with van der Waals surface area (Å²) in [5.74, 6) is 1.86. The maximum absolute atomic E-state index is 12.9. The van der Waals surface area contributed by atoms with Gasteiger partial charge in [0.25, 0.3) is 0 Å². The summed E-state index contributed by atoms with van der Waals surface area (Å²) in [6.45, 7) is 0. The van der Waals surface area contributed by atoms with Crippen molar-refractivity contribution in [2.45, 2.75) is 5.41 Å². The third kappa shape index (κ3) is 4.53. The van der Waals surface area contributed by atoms with E-state index in [0.717, 1.165) is 33.4 Å². The third-order valence-electron chi connectivity index (χ3n) is 8.35. The number of ether oxygens (including phenoxy) is 3. The second-order valence-electron chi connectivity index (χ2n) is 11.0. The Morgan fingerprint density at radius 3 is 1.57 bits per heavy atom. The number of hydrogen-bond acceptors (Lipinski definition) is 5. The van der Waals surface area contributed by atoms with Crippen molar-refractivity contribution >= 4 is 23.6 Å². The van der Waals surface area contributed by atoms with Crippen LogP contribution in [0.4, 0.5) is 21.0 Å². The summed E-state index contributed by atoms with van der Waals surface area (Å²) in [7, 11) is 0. The van der Waals surface area contributed by atoms with Crippen molar-refractivity contribution in [1.29, 1.82) is 0 Å². The Kier molecular flexibility index (Phi) is 6.50. The Bertz CT molecular complexity index is 2080. The van der Waals surface area contributed by atoms with E-state index in [4.69, 9.17) is 14.2 Å². The van der Waals surface area contributed by atoms with Crippen molar-refractivity contribution in [2.24, 2.45) is 0 Å². The second-order valence-corrected chi connectivity index (χ2v) is 11.0. The Morgan fingerprint density at radius 1 is 0.478 bits per heavy atom. The van der Waals surface area contributed by atoms with E-state index in [0.29, 0.717) is 34.4 Å². The molecule has 6 aromatic carbocycles. The molecule has 0 atom stereocenters. The molecular weight excluding hydrogens is 576 g/mol. The lowest BCUT2D eigenvalue weighted by atomic mass is 9.66. The molecule has 0 radical (unpaired) electrons. The highest BCUT2D eigenvalue weighted by atomic mass is 16.6. The lowest BCUT2D eigenvalue weighted by molar-refractivity contribution is 0.214. The van der Waals surface area contributed by atoms with Crippen LogP contribution in [0.25, 0.3) is 11.1 Å². The molecule has 2 aliphatic rings. The van der Waals surface area contributed by atoms with Gasteiger partial charge in [-0.1, -0.05) is 91.0 Å². The number of carbonyl (C=O) groups excluding carboxylic acids is 2. The number of para-hydroxylation sites is 2. The second kappa shape index (κ2) is 11.0. The summed E-state index contributed by atoms with van der Waals surface area (Å²) >= 11 is 0. The first-order valence-electron chi connectivity index (χ1n) is 14.8. The van der Waals surface area contributed by atoms with E-state index in [9.17, 15) is 9.59 Å². The van der Waals surface area contributed by atoms with Crippen LogP contribution in [0.15, 0.2) is 146 Å². The fourth-order valence-corrected chi connectivity index (χ4v) is 6.54. The molecule has 0 bridgehead atoms. The minimum Gasteiger partial charge on any atom is -0.457 e. The number of carbonyl (C=O) groups is 2. The minimum atomic E-state index is -0.795. The molecule has 0 saturated heterocycles. The Morgan fingerprint density at radius 2 is 0.978 bits per heavy atom. The molecule has 0 fully saturated rings. The molecule has 0 unspecified atom stereocenters. The van der Waals surface area contributed by atoms with Gasteiger partial charge in [-0.15, -0.1) is 0 Å². The topological polar surface area (TPSA) is 85.9 Å². The fraction of sp³-hybridized carbons (Fsp3) is 0.0256. The number of fused-ring (bicyclic) bond motifs is 9. The molecule has 7 heteroatoms. The van der Waals surface area contributed by atoms with Crippen molar-refractivity contribution in [1.82, 2.24) is 0 Å². The lowest BCUT2D eigenvalue weighted by Gasteiger charge is -2.39. The van der Waals surface area contributed by atoms with Crippen molar-refractivity contribution < 1.29 is 23.8 Å². The first kappa shape index (κ1) is 27.2. The molecule has 0 aromatic heterocycles. The standard InChI is InChI=1S/C39H26N2O5/c42-37(40-25-11-3-1-4-12-25)44-27-20-22-35-34(23-27)39(31-17-9-7-15-29(31)30-16-8-10-18-32(30)39)33-21-19-28(24-36(33)46-35)45-38(43)41-26-13-5-2-6-14-26/h1-24H,(H,40,42)(H,41,43). The van der Waals surface area contributed by atoms with Gasteiger partial charge < -0.3 is 14.2 Å². The Labute approximate surface area is 265 Å². The van der Waals surface area contributed by atoms with E-state index >= 15 is 0 Å². The monoisotopic (exact) mass is 602 g/mol. The van der Waals surface area contributed by atoms with E-state index in [1.54, 1.807) is 42.5 Å². The van der Waals surface area contributed by atoms with Crippen LogP contribution in [-0.2, 0) is 5.41 Å². The van der Waals surface area contributed by atoms with Crippen LogP contribution >= 0.6 is 0 Å². The maximum atomic E-state index is 12.9. The molecule has 7 nitrogen and oxygen atoms in total.